The second-order valence-electron chi connectivity index (χ2n) is 11.5. The number of carboxylic acid groups (broad SMARTS) is 1. The number of hydrogen-bond acceptors (Lipinski definition) is 5. The molecule has 1 amide bonds. The van der Waals surface area contributed by atoms with Crippen molar-refractivity contribution >= 4 is 68.0 Å². The summed E-state index contributed by atoms with van der Waals surface area (Å²) in [6.07, 6.45) is 1.59. The number of carbonyl (C=O) groups excluding carboxylic acids is 1. The average Bonchev–Trinajstić information content (AvgIpc) is 3.67. The first kappa shape index (κ1) is 31.3. The van der Waals surface area contributed by atoms with E-state index in [4.69, 9.17) is 34.8 Å². The van der Waals surface area contributed by atoms with Gasteiger partial charge in [0.1, 0.15) is 4.21 Å². The number of piperidine rings is 1. The van der Waals surface area contributed by atoms with Crippen LogP contribution in [0.15, 0.2) is 64.9 Å². The van der Waals surface area contributed by atoms with Gasteiger partial charge in [-0.1, -0.05) is 66.0 Å². The molecule has 2 heterocycles. The summed E-state index contributed by atoms with van der Waals surface area (Å²) in [6.45, 7) is 1.74. The Hall–Kier alpha value is -2.14. The van der Waals surface area contributed by atoms with Gasteiger partial charge in [-0.25, -0.2) is 8.42 Å². The average molecular weight is 670 g/mol. The number of likely N-dealkylation sites (tertiary alicyclic amines) is 1. The molecule has 1 aliphatic carbocycles. The molecule has 1 aliphatic heterocycles. The molecule has 1 saturated heterocycles. The standard InChI is InChI=1S/C30H31Cl3N2O5S2/c1-30(16-26(36)37)15-23(20-4-3-5-22(32)14-20)28(19-8-10-21(31)11-9-19)35(29(30)38)24(18-6-7-18)17-34(2)42(39,40)27-13-12-25(33)41-27/h3-5,8-14,18,23-24,28H,6-7,15-17H2,1-2H3,(H,36,37)/t23?,24-,28?,30-/m1/s1. The molecule has 224 valence electrons. The number of amides is 1. The summed E-state index contributed by atoms with van der Waals surface area (Å²) in [5, 5.41) is 11.0. The second-order valence-corrected chi connectivity index (χ2v) is 16.3. The van der Waals surface area contributed by atoms with Gasteiger partial charge < -0.3 is 10.0 Å². The number of rotatable bonds is 10. The van der Waals surface area contributed by atoms with E-state index in [1.807, 2.05) is 30.3 Å². The summed E-state index contributed by atoms with van der Waals surface area (Å²) in [5.74, 6) is -1.63. The number of halogens is 3. The van der Waals surface area contributed by atoms with Crippen LogP contribution >= 0.6 is 46.1 Å². The Morgan fingerprint density at radius 3 is 2.33 bits per heavy atom. The lowest BCUT2D eigenvalue weighted by atomic mass is 9.67. The third-order valence-corrected chi connectivity index (χ3v) is 12.3. The number of aliphatic carboxylic acids is 1. The summed E-state index contributed by atoms with van der Waals surface area (Å²) in [4.78, 5) is 28.5. The van der Waals surface area contributed by atoms with E-state index in [9.17, 15) is 23.1 Å². The number of hydrogen-bond donors (Lipinski definition) is 1. The van der Waals surface area contributed by atoms with Crippen molar-refractivity contribution in [2.75, 3.05) is 13.6 Å². The maximum atomic E-state index is 14.6. The molecule has 2 unspecified atom stereocenters. The smallest absolute Gasteiger partial charge is 0.304 e. The van der Waals surface area contributed by atoms with E-state index in [2.05, 4.69) is 0 Å². The van der Waals surface area contributed by atoms with Gasteiger partial charge in [-0.2, -0.15) is 4.31 Å². The van der Waals surface area contributed by atoms with E-state index in [0.717, 1.165) is 35.3 Å². The molecule has 3 aromatic rings. The lowest BCUT2D eigenvalue weighted by Gasteiger charge is -2.52. The molecule has 2 fully saturated rings. The Bertz CT molecular complexity index is 1590. The van der Waals surface area contributed by atoms with Crippen LogP contribution in [0.1, 0.15) is 55.7 Å². The third-order valence-electron chi connectivity index (χ3n) is 8.31. The molecular formula is C30H31Cl3N2O5S2. The molecule has 0 spiro atoms. The van der Waals surface area contributed by atoms with E-state index in [0.29, 0.717) is 14.4 Å². The van der Waals surface area contributed by atoms with Crippen LogP contribution in [0.25, 0.3) is 0 Å². The van der Waals surface area contributed by atoms with Crippen LogP contribution in [0.4, 0.5) is 0 Å². The van der Waals surface area contributed by atoms with Gasteiger partial charge in [0.05, 0.1) is 22.2 Å². The van der Waals surface area contributed by atoms with Gasteiger partial charge in [0, 0.05) is 35.6 Å². The molecule has 12 heteroatoms. The van der Waals surface area contributed by atoms with Crippen LogP contribution in [0, 0.1) is 11.3 Å². The van der Waals surface area contributed by atoms with Gasteiger partial charge in [-0.05, 0) is 72.7 Å². The molecule has 42 heavy (non-hydrogen) atoms. The van der Waals surface area contributed by atoms with E-state index < -0.39 is 33.5 Å². The first-order valence-corrected chi connectivity index (χ1v) is 17.0. The molecular weight excluding hydrogens is 639 g/mol. The minimum Gasteiger partial charge on any atom is -0.481 e. The van der Waals surface area contributed by atoms with Crippen LogP contribution in [0.5, 0.6) is 0 Å². The molecule has 1 aromatic heterocycles. The van der Waals surface area contributed by atoms with Crippen LogP contribution < -0.4 is 0 Å². The fraction of sp³-hybridized carbons (Fsp3) is 0.400. The maximum Gasteiger partial charge on any atom is 0.304 e. The van der Waals surface area contributed by atoms with E-state index in [-0.39, 0.29) is 41.3 Å². The molecule has 4 atom stereocenters. The number of thiophene rings is 1. The number of carboxylic acids is 1. The SMILES string of the molecule is CN(C[C@H](C1CC1)N1C(=O)[C@@](C)(CC(=O)O)CC(c2cccc(Cl)c2)C1c1ccc(Cl)cc1)S(=O)(=O)c1ccc(Cl)s1. The van der Waals surface area contributed by atoms with Crippen LogP contribution in [0.3, 0.4) is 0 Å². The lowest BCUT2D eigenvalue weighted by Crippen LogP contribution is -2.59. The summed E-state index contributed by atoms with van der Waals surface area (Å²) in [5.41, 5.74) is 0.477. The fourth-order valence-corrected chi connectivity index (χ4v) is 9.35. The monoisotopic (exact) mass is 668 g/mol. The van der Waals surface area contributed by atoms with Crippen LogP contribution in [-0.2, 0) is 19.6 Å². The molecule has 7 nitrogen and oxygen atoms in total. The zero-order valence-electron chi connectivity index (χ0n) is 23.0. The van der Waals surface area contributed by atoms with Crippen molar-refractivity contribution in [3.05, 3.63) is 86.2 Å². The van der Waals surface area contributed by atoms with Crippen molar-refractivity contribution in [1.29, 1.82) is 0 Å². The molecule has 5 rings (SSSR count). The highest BCUT2D eigenvalue weighted by molar-refractivity contribution is 7.91. The Morgan fingerprint density at radius 1 is 1.07 bits per heavy atom. The Morgan fingerprint density at radius 2 is 1.76 bits per heavy atom. The van der Waals surface area contributed by atoms with E-state index in [1.54, 1.807) is 36.1 Å². The highest BCUT2D eigenvalue weighted by Crippen LogP contribution is 2.54. The van der Waals surface area contributed by atoms with Crippen LogP contribution in [-0.4, -0.2) is 54.2 Å². The first-order chi connectivity index (χ1) is 19.8. The minimum atomic E-state index is -3.88. The Balaban J connectivity index is 1.65. The maximum absolute atomic E-state index is 14.6. The summed E-state index contributed by atoms with van der Waals surface area (Å²) in [6, 6.07) is 16.7. The third kappa shape index (κ3) is 6.37. The zero-order chi connectivity index (χ0) is 30.4. The molecule has 0 bridgehead atoms. The summed E-state index contributed by atoms with van der Waals surface area (Å²) < 4.78 is 28.8. The van der Waals surface area contributed by atoms with Gasteiger partial charge in [0.15, 0.2) is 0 Å². The highest BCUT2D eigenvalue weighted by atomic mass is 35.5. The highest BCUT2D eigenvalue weighted by Gasteiger charge is 2.55. The van der Waals surface area contributed by atoms with Crippen molar-refractivity contribution in [3.8, 4) is 0 Å². The number of benzene rings is 2. The summed E-state index contributed by atoms with van der Waals surface area (Å²) in [7, 11) is -2.37. The normalized spacial score (nSPS) is 23.8. The first-order valence-electron chi connectivity index (χ1n) is 13.6. The van der Waals surface area contributed by atoms with E-state index in [1.165, 1.54) is 17.4 Å². The van der Waals surface area contributed by atoms with Crippen molar-refractivity contribution in [1.82, 2.24) is 9.21 Å². The van der Waals surface area contributed by atoms with Gasteiger partial charge in [-0.3, -0.25) is 9.59 Å². The van der Waals surface area contributed by atoms with Crippen molar-refractivity contribution in [3.63, 3.8) is 0 Å². The molecule has 1 N–H and O–H groups in total. The molecule has 2 aliphatic rings. The van der Waals surface area contributed by atoms with Gasteiger partial charge in [0.25, 0.3) is 10.0 Å². The number of likely N-dealkylation sites (N-methyl/N-ethyl adjacent to an activating group) is 1. The van der Waals surface area contributed by atoms with Crippen molar-refractivity contribution < 1.29 is 23.1 Å². The predicted molar refractivity (Wildman–Crippen MR) is 166 cm³/mol. The van der Waals surface area contributed by atoms with Crippen molar-refractivity contribution in [2.45, 2.75) is 54.8 Å². The predicted octanol–water partition coefficient (Wildman–Crippen LogP) is 7.35. The number of sulfonamides is 1. The van der Waals surface area contributed by atoms with Gasteiger partial charge in [0.2, 0.25) is 5.91 Å². The minimum absolute atomic E-state index is 0.0454. The topological polar surface area (TPSA) is 95.0 Å². The summed E-state index contributed by atoms with van der Waals surface area (Å²) >= 11 is 19.7. The lowest BCUT2D eigenvalue weighted by molar-refractivity contribution is -0.161. The molecule has 2 aromatic carbocycles. The largest absolute Gasteiger partial charge is 0.481 e. The second kappa shape index (κ2) is 12.1. The Labute approximate surface area is 265 Å². The number of carbonyl (C=O) groups is 2. The zero-order valence-corrected chi connectivity index (χ0v) is 26.9. The molecule has 1 saturated carbocycles. The quantitative estimate of drug-likeness (QED) is 0.244. The van der Waals surface area contributed by atoms with E-state index >= 15 is 0 Å². The fourth-order valence-electron chi connectivity index (χ4n) is 6.14. The van der Waals surface area contributed by atoms with Crippen LogP contribution in [0.2, 0.25) is 14.4 Å². The van der Waals surface area contributed by atoms with Gasteiger partial charge in [-0.15, -0.1) is 11.3 Å². The number of nitrogens with zero attached hydrogens (tertiary/aromatic N) is 2. The van der Waals surface area contributed by atoms with Crippen molar-refractivity contribution in [2.24, 2.45) is 11.3 Å². The van der Waals surface area contributed by atoms with Gasteiger partial charge >= 0.3 is 5.97 Å². The molecule has 0 radical (unpaired) electrons. The Kier molecular flexibility index (Phi) is 9.01.